The molecule has 4 aromatic rings. The maximum Gasteiger partial charge on any atom is 0.161 e. The molecule has 182 valence electrons. The van der Waals surface area contributed by atoms with Gasteiger partial charge in [0.25, 0.3) is 0 Å². The number of amidine groups is 1. The van der Waals surface area contributed by atoms with Crippen molar-refractivity contribution >= 4 is 5.84 Å². The summed E-state index contributed by atoms with van der Waals surface area (Å²) in [6.07, 6.45) is 2.55. The van der Waals surface area contributed by atoms with Crippen LogP contribution in [0.2, 0.25) is 0 Å². The van der Waals surface area contributed by atoms with Crippen molar-refractivity contribution in [3.8, 4) is 28.4 Å². The van der Waals surface area contributed by atoms with Gasteiger partial charge < -0.3 is 19.9 Å². The molecule has 0 saturated heterocycles. The van der Waals surface area contributed by atoms with E-state index in [9.17, 15) is 0 Å². The first-order chi connectivity index (χ1) is 17.6. The molecular weight excluding hydrogens is 448 g/mol. The van der Waals surface area contributed by atoms with Gasteiger partial charge in [0.05, 0.1) is 0 Å². The molecule has 0 heterocycles. The lowest BCUT2D eigenvalue weighted by Crippen LogP contribution is -2.11. The fourth-order valence-electron chi connectivity index (χ4n) is 3.78. The fourth-order valence-corrected chi connectivity index (χ4v) is 3.78. The first kappa shape index (κ1) is 24.6. The highest BCUT2D eigenvalue weighted by atomic mass is 16.5. The summed E-state index contributed by atoms with van der Waals surface area (Å²) in [4.78, 5) is 0. The van der Waals surface area contributed by atoms with E-state index in [0.717, 1.165) is 28.0 Å². The molecule has 0 amide bonds. The Morgan fingerprint density at radius 1 is 0.722 bits per heavy atom. The number of allylic oxidation sites excluding steroid dienone is 1. The number of hydrogen-bond donors (Lipinski definition) is 2. The molecule has 4 aromatic carbocycles. The van der Waals surface area contributed by atoms with Gasteiger partial charge in [0.2, 0.25) is 0 Å². The summed E-state index contributed by atoms with van der Waals surface area (Å²) in [6, 6.07) is 31.5. The number of ether oxygens (including phenoxy) is 3. The van der Waals surface area contributed by atoms with Crippen molar-refractivity contribution in [1.82, 2.24) is 0 Å². The van der Waals surface area contributed by atoms with Crippen LogP contribution in [-0.4, -0.2) is 19.0 Å². The first-order valence-electron chi connectivity index (χ1n) is 11.8. The van der Waals surface area contributed by atoms with Crippen LogP contribution >= 0.6 is 0 Å². The molecule has 0 unspecified atom stereocenters. The Kier molecular flexibility index (Phi) is 8.39. The van der Waals surface area contributed by atoms with Crippen molar-refractivity contribution in [1.29, 1.82) is 5.41 Å². The molecule has 0 aliphatic carbocycles. The minimum atomic E-state index is 0.0604. The average Bonchev–Trinajstić information content (AvgIpc) is 2.92. The van der Waals surface area contributed by atoms with E-state index in [1.54, 1.807) is 0 Å². The summed E-state index contributed by atoms with van der Waals surface area (Å²) in [5.41, 5.74) is 10.5. The third-order valence-corrected chi connectivity index (χ3v) is 5.64. The van der Waals surface area contributed by atoms with Crippen molar-refractivity contribution in [2.45, 2.75) is 13.0 Å². The molecule has 36 heavy (non-hydrogen) atoms. The van der Waals surface area contributed by atoms with Gasteiger partial charge in [-0.2, -0.15) is 0 Å². The molecule has 0 radical (unpaired) electrons. The van der Waals surface area contributed by atoms with E-state index in [2.05, 4.69) is 12.6 Å². The monoisotopic (exact) mass is 478 g/mol. The predicted octanol–water partition coefficient (Wildman–Crippen LogP) is 6.40. The highest BCUT2D eigenvalue weighted by Gasteiger charge is 2.09. The molecule has 0 atom stereocenters. The lowest BCUT2D eigenvalue weighted by Gasteiger charge is -2.15. The second kappa shape index (κ2) is 12.3. The number of hydrogen-bond acceptors (Lipinski definition) is 4. The molecule has 0 aliphatic rings. The van der Waals surface area contributed by atoms with Gasteiger partial charge in [-0.15, -0.1) is 6.58 Å². The quantitative estimate of drug-likeness (QED) is 0.107. The van der Waals surface area contributed by atoms with E-state index in [1.165, 1.54) is 0 Å². The predicted molar refractivity (Wildman–Crippen MR) is 145 cm³/mol. The molecule has 5 nitrogen and oxygen atoms in total. The Morgan fingerprint density at radius 2 is 1.33 bits per heavy atom. The van der Waals surface area contributed by atoms with Crippen molar-refractivity contribution in [3.05, 3.63) is 126 Å². The molecule has 0 fully saturated rings. The largest absolute Gasteiger partial charge is 0.490 e. The normalized spacial score (nSPS) is 10.4. The Labute approximate surface area is 212 Å². The summed E-state index contributed by atoms with van der Waals surface area (Å²) in [5, 5.41) is 7.56. The van der Waals surface area contributed by atoms with E-state index in [1.807, 2.05) is 97.1 Å². The number of nitrogen functional groups attached to an aromatic ring is 1. The van der Waals surface area contributed by atoms with Crippen molar-refractivity contribution in [2.75, 3.05) is 13.2 Å². The van der Waals surface area contributed by atoms with Gasteiger partial charge in [0, 0.05) is 5.56 Å². The molecule has 3 N–H and O–H groups in total. The van der Waals surface area contributed by atoms with E-state index in [-0.39, 0.29) is 5.84 Å². The Hall–Kier alpha value is -4.51. The van der Waals surface area contributed by atoms with E-state index >= 15 is 0 Å². The summed E-state index contributed by atoms with van der Waals surface area (Å²) in [5.74, 6) is 2.25. The summed E-state index contributed by atoms with van der Waals surface area (Å²) < 4.78 is 18.0. The molecule has 0 bridgehead atoms. The number of nitrogens with one attached hydrogen (secondary N) is 1. The number of benzene rings is 4. The number of nitrogens with two attached hydrogens (primary N) is 1. The molecule has 4 rings (SSSR count). The molecule has 0 spiro atoms. The van der Waals surface area contributed by atoms with Crippen molar-refractivity contribution in [2.24, 2.45) is 5.73 Å². The van der Waals surface area contributed by atoms with Crippen LogP contribution in [0.4, 0.5) is 0 Å². The molecule has 0 aromatic heterocycles. The first-order valence-corrected chi connectivity index (χ1v) is 11.8. The molecular formula is C31H30N2O3. The highest BCUT2D eigenvalue weighted by molar-refractivity contribution is 5.95. The minimum absolute atomic E-state index is 0.0604. The second-order valence-electron chi connectivity index (χ2n) is 8.22. The zero-order valence-electron chi connectivity index (χ0n) is 20.2. The SMILES string of the molecule is C=CCc1cc(-c2ccc(C(=N)N)cc2)ccc1OCCOc1ccccc1OCc1ccccc1. The van der Waals surface area contributed by atoms with Crippen LogP contribution in [0.25, 0.3) is 11.1 Å². The van der Waals surface area contributed by atoms with Crippen molar-refractivity contribution in [3.63, 3.8) is 0 Å². The maximum absolute atomic E-state index is 7.56. The van der Waals surface area contributed by atoms with Crippen LogP contribution in [0.3, 0.4) is 0 Å². The minimum Gasteiger partial charge on any atom is -0.490 e. The second-order valence-corrected chi connectivity index (χ2v) is 8.22. The van der Waals surface area contributed by atoms with Gasteiger partial charge in [-0.3, -0.25) is 5.41 Å². The third kappa shape index (κ3) is 6.54. The van der Waals surface area contributed by atoms with Gasteiger partial charge >= 0.3 is 0 Å². The fraction of sp³-hybridized carbons (Fsp3) is 0.129. The van der Waals surface area contributed by atoms with Crippen LogP contribution < -0.4 is 19.9 Å². The molecule has 5 heteroatoms. The van der Waals surface area contributed by atoms with E-state index in [4.69, 9.17) is 25.4 Å². The maximum atomic E-state index is 7.56. The Morgan fingerprint density at radius 3 is 2.00 bits per heavy atom. The zero-order chi connectivity index (χ0) is 25.2. The average molecular weight is 479 g/mol. The number of para-hydroxylation sites is 2. The Bertz CT molecular complexity index is 1300. The lowest BCUT2D eigenvalue weighted by atomic mass is 9.99. The summed E-state index contributed by atoms with van der Waals surface area (Å²) in [6.45, 7) is 5.14. The highest BCUT2D eigenvalue weighted by Crippen LogP contribution is 2.29. The van der Waals surface area contributed by atoms with Crippen LogP contribution in [0, 0.1) is 5.41 Å². The molecule has 0 aliphatic heterocycles. The van der Waals surface area contributed by atoms with Crippen LogP contribution in [0.15, 0.2) is 110 Å². The lowest BCUT2D eigenvalue weighted by molar-refractivity contribution is 0.205. The van der Waals surface area contributed by atoms with Gasteiger partial charge in [-0.25, -0.2) is 0 Å². The molecule has 0 saturated carbocycles. The van der Waals surface area contributed by atoms with Crippen LogP contribution in [-0.2, 0) is 13.0 Å². The summed E-state index contributed by atoms with van der Waals surface area (Å²) >= 11 is 0. The van der Waals surface area contributed by atoms with Crippen molar-refractivity contribution < 1.29 is 14.2 Å². The number of rotatable bonds is 12. The topological polar surface area (TPSA) is 77.6 Å². The van der Waals surface area contributed by atoms with E-state index in [0.29, 0.717) is 43.3 Å². The Balaban J connectivity index is 1.36. The standard InChI is InChI=1S/C31H30N2O3/c1-2-8-27-21-26(24-13-15-25(16-14-24)31(32)33)17-18-28(27)34-19-20-35-29-11-6-7-12-30(29)36-22-23-9-4-3-5-10-23/h2-7,9-18,21H,1,8,19-20,22H2,(H3,32,33). The van der Waals surface area contributed by atoms with Gasteiger partial charge in [-0.1, -0.05) is 78.9 Å². The van der Waals surface area contributed by atoms with Crippen LogP contribution in [0.5, 0.6) is 17.2 Å². The zero-order valence-corrected chi connectivity index (χ0v) is 20.2. The smallest absolute Gasteiger partial charge is 0.161 e. The van der Waals surface area contributed by atoms with Gasteiger partial charge in [-0.05, 0) is 52.9 Å². The summed E-state index contributed by atoms with van der Waals surface area (Å²) in [7, 11) is 0. The van der Waals surface area contributed by atoms with Gasteiger partial charge in [0.15, 0.2) is 11.5 Å². The van der Waals surface area contributed by atoms with Crippen LogP contribution in [0.1, 0.15) is 16.7 Å². The third-order valence-electron chi connectivity index (χ3n) is 5.64. The van der Waals surface area contributed by atoms with Gasteiger partial charge in [0.1, 0.15) is 31.4 Å². The van der Waals surface area contributed by atoms with E-state index < -0.39 is 0 Å².